The van der Waals surface area contributed by atoms with Crippen molar-refractivity contribution in [2.45, 2.75) is 38.5 Å². The van der Waals surface area contributed by atoms with Crippen LogP contribution in [-0.4, -0.2) is 31.1 Å². The summed E-state index contributed by atoms with van der Waals surface area (Å²) in [7, 11) is 0. The summed E-state index contributed by atoms with van der Waals surface area (Å²) in [5.41, 5.74) is 2.88. The van der Waals surface area contributed by atoms with E-state index in [1.807, 2.05) is 0 Å². The average molecular weight is 258 g/mol. The van der Waals surface area contributed by atoms with Crippen molar-refractivity contribution in [3.63, 3.8) is 0 Å². The predicted octanol–water partition coefficient (Wildman–Crippen LogP) is 3.71. The molecule has 1 aromatic rings. The number of para-hydroxylation sites is 1. The molecule has 1 saturated heterocycles. The standard InChI is InChI=1S/C17H26N2/c1-2-5-14-8-10-19(11-9-14)13-15-12-18-17-7-4-3-6-16(15)17/h3-4,6-7,14-15,18H,2,5,8-13H2,1H3. The van der Waals surface area contributed by atoms with E-state index in [0.29, 0.717) is 5.92 Å². The Morgan fingerprint density at radius 2 is 2.00 bits per heavy atom. The summed E-state index contributed by atoms with van der Waals surface area (Å²) in [5, 5.41) is 3.54. The van der Waals surface area contributed by atoms with E-state index in [1.165, 1.54) is 56.6 Å². The van der Waals surface area contributed by atoms with Crippen molar-refractivity contribution in [3.05, 3.63) is 29.8 Å². The van der Waals surface area contributed by atoms with Gasteiger partial charge in [-0.25, -0.2) is 0 Å². The molecule has 1 aromatic carbocycles. The number of hydrogen-bond acceptors (Lipinski definition) is 2. The highest BCUT2D eigenvalue weighted by Gasteiger charge is 2.26. The Kier molecular flexibility index (Phi) is 4.07. The van der Waals surface area contributed by atoms with Crippen molar-refractivity contribution in [1.82, 2.24) is 4.90 Å². The van der Waals surface area contributed by atoms with E-state index in [2.05, 4.69) is 41.4 Å². The maximum absolute atomic E-state index is 3.54. The van der Waals surface area contributed by atoms with E-state index in [-0.39, 0.29) is 0 Å². The van der Waals surface area contributed by atoms with Gasteiger partial charge in [-0.1, -0.05) is 38.0 Å². The fraction of sp³-hybridized carbons (Fsp3) is 0.647. The smallest absolute Gasteiger partial charge is 0.0376 e. The maximum atomic E-state index is 3.54. The molecule has 0 spiro atoms. The molecule has 104 valence electrons. The van der Waals surface area contributed by atoms with Crippen LogP contribution in [0.3, 0.4) is 0 Å². The van der Waals surface area contributed by atoms with Gasteiger partial charge < -0.3 is 10.2 Å². The topological polar surface area (TPSA) is 15.3 Å². The minimum atomic E-state index is 0.693. The number of hydrogen-bond donors (Lipinski definition) is 1. The molecule has 1 unspecified atom stereocenters. The first kappa shape index (κ1) is 13.0. The summed E-state index contributed by atoms with van der Waals surface area (Å²) >= 11 is 0. The Hall–Kier alpha value is -1.02. The van der Waals surface area contributed by atoms with Gasteiger partial charge in [0.2, 0.25) is 0 Å². The Labute approximate surface area is 117 Å². The highest BCUT2D eigenvalue weighted by molar-refractivity contribution is 5.57. The lowest BCUT2D eigenvalue weighted by Crippen LogP contribution is -2.37. The molecule has 2 heteroatoms. The van der Waals surface area contributed by atoms with E-state index in [4.69, 9.17) is 0 Å². The normalized spacial score (nSPS) is 24.2. The number of nitrogens with zero attached hydrogens (tertiary/aromatic N) is 1. The molecule has 0 aliphatic carbocycles. The second-order valence-electron chi connectivity index (χ2n) is 6.20. The number of fused-ring (bicyclic) bond motifs is 1. The highest BCUT2D eigenvalue weighted by Crippen LogP contribution is 2.32. The first-order valence-electron chi connectivity index (χ1n) is 7.92. The van der Waals surface area contributed by atoms with Gasteiger partial charge in [-0.3, -0.25) is 0 Å². The minimum Gasteiger partial charge on any atom is -0.384 e. The summed E-state index contributed by atoms with van der Waals surface area (Å²) < 4.78 is 0. The number of nitrogens with one attached hydrogen (secondary N) is 1. The van der Waals surface area contributed by atoms with Crippen LogP contribution in [0, 0.1) is 5.92 Å². The van der Waals surface area contributed by atoms with Crippen molar-refractivity contribution in [1.29, 1.82) is 0 Å². The van der Waals surface area contributed by atoms with E-state index in [9.17, 15) is 0 Å². The lowest BCUT2D eigenvalue weighted by atomic mass is 9.91. The average Bonchev–Trinajstić information content (AvgIpc) is 2.85. The molecule has 0 bridgehead atoms. The Morgan fingerprint density at radius 1 is 1.21 bits per heavy atom. The molecule has 0 radical (unpaired) electrons. The van der Waals surface area contributed by atoms with E-state index < -0.39 is 0 Å². The third-order valence-electron chi connectivity index (χ3n) is 4.82. The van der Waals surface area contributed by atoms with Crippen LogP contribution in [0.25, 0.3) is 0 Å². The van der Waals surface area contributed by atoms with Crippen LogP contribution < -0.4 is 5.32 Å². The first-order valence-corrected chi connectivity index (χ1v) is 7.92. The van der Waals surface area contributed by atoms with E-state index in [1.54, 1.807) is 0 Å². The SMILES string of the molecule is CCCC1CCN(CC2CNc3ccccc32)CC1. The van der Waals surface area contributed by atoms with Crippen LogP contribution in [0.1, 0.15) is 44.1 Å². The monoisotopic (exact) mass is 258 g/mol. The summed E-state index contributed by atoms with van der Waals surface area (Å²) in [5.74, 6) is 1.69. The van der Waals surface area contributed by atoms with Gasteiger partial charge in [0.05, 0.1) is 0 Å². The molecule has 2 aliphatic rings. The van der Waals surface area contributed by atoms with Gasteiger partial charge in [0.25, 0.3) is 0 Å². The van der Waals surface area contributed by atoms with Crippen molar-refractivity contribution in [2.24, 2.45) is 5.92 Å². The molecule has 3 rings (SSSR count). The van der Waals surface area contributed by atoms with E-state index in [0.717, 1.165) is 12.5 Å². The van der Waals surface area contributed by atoms with Crippen molar-refractivity contribution >= 4 is 5.69 Å². The van der Waals surface area contributed by atoms with Gasteiger partial charge in [0, 0.05) is 24.7 Å². The molecular formula is C17H26N2. The summed E-state index contributed by atoms with van der Waals surface area (Å²) in [4.78, 5) is 2.68. The number of piperidine rings is 1. The lowest BCUT2D eigenvalue weighted by molar-refractivity contribution is 0.172. The summed E-state index contributed by atoms with van der Waals surface area (Å²) in [6, 6.07) is 8.81. The Balaban J connectivity index is 1.54. The molecule has 2 heterocycles. The highest BCUT2D eigenvalue weighted by atomic mass is 15.1. The number of benzene rings is 1. The molecule has 2 aliphatic heterocycles. The fourth-order valence-corrected chi connectivity index (χ4v) is 3.70. The Bertz CT molecular complexity index is 407. The zero-order valence-corrected chi connectivity index (χ0v) is 12.1. The van der Waals surface area contributed by atoms with Crippen LogP contribution in [0.2, 0.25) is 0 Å². The molecular weight excluding hydrogens is 232 g/mol. The largest absolute Gasteiger partial charge is 0.384 e. The fourth-order valence-electron chi connectivity index (χ4n) is 3.70. The van der Waals surface area contributed by atoms with Crippen LogP contribution in [0.15, 0.2) is 24.3 Å². The van der Waals surface area contributed by atoms with E-state index >= 15 is 0 Å². The van der Waals surface area contributed by atoms with Crippen molar-refractivity contribution < 1.29 is 0 Å². The summed E-state index contributed by atoms with van der Waals surface area (Å²) in [6.07, 6.45) is 5.61. The van der Waals surface area contributed by atoms with Gasteiger partial charge in [0.1, 0.15) is 0 Å². The molecule has 1 atom stereocenters. The van der Waals surface area contributed by atoms with Gasteiger partial charge in [0.15, 0.2) is 0 Å². The minimum absolute atomic E-state index is 0.693. The van der Waals surface area contributed by atoms with Crippen LogP contribution >= 0.6 is 0 Å². The molecule has 1 N–H and O–H groups in total. The van der Waals surface area contributed by atoms with Crippen LogP contribution in [-0.2, 0) is 0 Å². The number of rotatable bonds is 4. The predicted molar refractivity (Wildman–Crippen MR) is 81.7 cm³/mol. The van der Waals surface area contributed by atoms with Gasteiger partial charge in [-0.15, -0.1) is 0 Å². The molecule has 0 amide bonds. The van der Waals surface area contributed by atoms with Gasteiger partial charge in [-0.05, 0) is 43.5 Å². The van der Waals surface area contributed by atoms with Crippen molar-refractivity contribution in [2.75, 3.05) is 31.5 Å². The van der Waals surface area contributed by atoms with Gasteiger partial charge >= 0.3 is 0 Å². The van der Waals surface area contributed by atoms with Crippen LogP contribution in [0.5, 0.6) is 0 Å². The molecule has 2 nitrogen and oxygen atoms in total. The lowest BCUT2D eigenvalue weighted by Gasteiger charge is -2.33. The number of anilines is 1. The third kappa shape index (κ3) is 2.94. The molecule has 1 fully saturated rings. The molecule has 19 heavy (non-hydrogen) atoms. The van der Waals surface area contributed by atoms with Crippen LogP contribution in [0.4, 0.5) is 5.69 Å². The molecule has 0 saturated carbocycles. The van der Waals surface area contributed by atoms with Crippen molar-refractivity contribution in [3.8, 4) is 0 Å². The molecule has 0 aromatic heterocycles. The Morgan fingerprint density at radius 3 is 2.79 bits per heavy atom. The zero-order chi connectivity index (χ0) is 13.1. The number of likely N-dealkylation sites (tertiary alicyclic amines) is 1. The second kappa shape index (κ2) is 5.96. The summed E-state index contributed by atoms with van der Waals surface area (Å²) in [6.45, 7) is 7.29. The quantitative estimate of drug-likeness (QED) is 0.885. The maximum Gasteiger partial charge on any atom is 0.0376 e. The first-order chi connectivity index (χ1) is 9.36. The zero-order valence-electron chi connectivity index (χ0n) is 12.1. The third-order valence-corrected chi connectivity index (χ3v) is 4.82. The second-order valence-corrected chi connectivity index (χ2v) is 6.20. The van der Waals surface area contributed by atoms with Gasteiger partial charge in [-0.2, -0.15) is 0 Å².